The molecule has 146 valence electrons. The number of halogens is 1. The molecule has 1 aromatic heterocycles. The van der Waals surface area contributed by atoms with Gasteiger partial charge < -0.3 is 15.2 Å². The van der Waals surface area contributed by atoms with Crippen LogP contribution >= 0.6 is 24.0 Å². The minimum atomic E-state index is -3.12. The third-order valence-corrected chi connectivity index (χ3v) is 4.71. The van der Waals surface area contributed by atoms with Gasteiger partial charge in [-0.3, -0.25) is 4.99 Å². The van der Waals surface area contributed by atoms with E-state index in [-0.39, 0.29) is 29.7 Å². The fourth-order valence-electron chi connectivity index (χ4n) is 1.98. The second-order valence-electron chi connectivity index (χ2n) is 5.13. The highest BCUT2D eigenvalue weighted by Crippen LogP contribution is 1.94. The summed E-state index contributed by atoms with van der Waals surface area (Å²) in [7, 11) is -3.12. The maximum absolute atomic E-state index is 11.3. The zero-order valence-corrected chi connectivity index (χ0v) is 18.3. The largest absolute Gasteiger partial charge is 0.357 e. The Morgan fingerprint density at radius 2 is 2.00 bits per heavy atom. The van der Waals surface area contributed by atoms with E-state index in [1.807, 2.05) is 18.4 Å². The molecule has 0 saturated carbocycles. The molecular weight excluding hydrogens is 457 g/mol. The van der Waals surface area contributed by atoms with E-state index in [2.05, 4.69) is 30.5 Å². The van der Waals surface area contributed by atoms with Gasteiger partial charge in [0.15, 0.2) is 5.96 Å². The van der Waals surface area contributed by atoms with E-state index >= 15 is 0 Å². The van der Waals surface area contributed by atoms with Crippen LogP contribution in [0.15, 0.2) is 11.3 Å². The van der Waals surface area contributed by atoms with Crippen molar-refractivity contribution in [3.05, 3.63) is 12.2 Å². The van der Waals surface area contributed by atoms with E-state index in [4.69, 9.17) is 0 Å². The number of guanidine groups is 1. The van der Waals surface area contributed by atoms with Crippen molar-refractivity contribution >= 4 is 40.0 Å². The third-order valence-electron chi connectivity index (χ3n) is 3.31. The highest BCUT2D eigenvalue weighted by atomic mass is 127. The molecule has 9 nitrogen and oxygen atoms in total. The van der Waals surface area contributed by atoms with Crippen LogP contribution in [0.5, 0.6) is 0 Å². The van der Waals surface area contributed by atoms with Crippen LogP contribution in [0.2, 0.25) is 0 Å². The average molecular weight is 487 g/mol. The quantitative estimate of drug-likeness (QED) is 0.180. The summed E-state index contributed by atoms with van der Waals surface area (Å²) in [5, 5.41) is 14.4. The lowest BCUT2D eigenvalue weighted by Crippen LogP contribution is -2.39. The summed E-state index contributed by atoms with van der Waals surface area (Å²) in [4.78, 5) is 4.44. The lowest BCUT2D eigenvalue weighted by Gasteiger charge is -2.12. The van der Waals surface area contributed by atoms with Crippen molar-refractivity contribution in [2.24, 2.45) is 4.99 Å². The van der Waals surface area contributed by atoms with E-state index in [0.29, 0.717) is 26.1 Å². The van der Waals surface area contributed by atoms with Crippen LogP contribution in [0.1, 0.15) is 33.0 Å². The molecule has 0 spiro atoms. The Hall–Kier alpha value is -0.950. The zero-order chi connectivity index (χ0) is 17.8. The molecule has 0 aromatic carbocycles. The Bertz CT molecular complexity index is 604. The van der Waals surface area contributed by atoms with Crippen molar-refractivity contribution in [2.75, 3.05) is 31.9 Å². The maximum Gasteiger partial charge on any atom is 0.211 e. The van der Waals surface area contributed by atoms with Crippen molar-refractivity contribution in [1.29, 1.82) is 0 Å². The molecule has 0 atom stereocenters. The lowest BCUT2D eigenvalue weighted by atomic mass is 10.4. The van der Waals surface area contributed by atoms with E-state index in [9.17, 15) is 8.42 Å². The van der Waals surface area contributed by atoms with Crippen LogP contribution in [-0.2, 0) is 23.0 Å². The predicted molar refractivity (Wildman–Crippen MR) is 111 cm³/mol. The van der Waals surface area contributed by atoms with E-state index in [1.54, 1.807) is 13.3 Å². The predicted octanol–water partition coefficient (Wildman–Crippen LogP) is 0.343. The van der Waals surface area contributed by atoms with Crippen LogP contribution in [0.25, 0.3) is 0 Å². The van der Waals surface area contributed by atoms with E-state index in [1.165, 1.54) is 0 Å². The maximum atomic E-state index is 11.3. The Morgan fingerprint density at radius 3 is 2.64 bits per heavy atom. The van der Waals surface area contributed by atoms with Crippen LogP contribution < -0.4 is 15.4 Å². The molecule has 1 rings (SSSR count). The first-order valence-electron chi connectivity index (χ1n) is 8.38. The second-order valence-corrected chi connectivity index (χ2v) is 7.23. The van der Waals surface area contributed by atoms with Gasteiger partial charge >= 0.3 is 0 Å². The fraction of sp³-hybridized carbons (Fsp3) is 0.786. The smallest absolute Gasteiger partial charge is 0.211 e. The molecule has 0 unspecified atom stereocenters. The molecule has 0 bridgehead atoms. The summed E-state index contributed by atoms with van der Waals surface area (Å²) in [6.07, 6.45) is 3.23. The van der Waals surface area contributed by atoms with Crippen molar-refractivity contribution < 1.29 is 8.42 Å². The minimum absolute atomic E-state index is 0. The van der Waals surface area contributed by atoms with Gasteiger partial charge in [-0.2, -0.15) is 0 Å². The summed E-state index contributed by atoms with van der Waals surface area (Å²) in [6.45, 7) is 8.85. The van der Waals surface area contributed by atoms with Gasteiger partial charge in [0.25, 0.3) is 0 Å². The number of nitrogens with one attached hydrogen (secondary N) is 3. The Labute approximate surface area is 167 Å². The van der Waals surface area contributed by atoms with Gasteiger partial charge in [-0.1, -0.05) is 6.92 Å². The molecule has 25 heavy (non-hydrogen) atoms. The fourth-order valence-corrected chi connectivity index (χ4v) is 2.64. The standard InChI is InChI=1S/C14H29N7O2S.HI/c1-4-13-20-18-12-21(13)11-10-17-14(15-5-2)16-8-7-9-19-24(22,23)6-3;/h12,19H,4-11H2,1-3H3,(H2,15,16,17);1H. The first-order chi connectivity index (χ1) is 11.5. The Morgan fingerprint density at radius 1 is 1.24 bits per heavy atom. The lowest BCUT2D eigenvalue weighted by molar-refractivity contribution is 0.580. The number of hydrogen-bond donors (Lipinski definition) is 3. The summed E-state index contributed by atoms with van der Waals surface area (Å²) >= 11 is 0. The number of rotatable bonds is 11. The number of aryl methyl sites for hydroxylation is 1. The Kier molecular flexibility index (Phi) is 12.8. The van der Waals surface area contributed by atoms with Crippen LogP contribution in [-0.4, -0.2) is 61.1 Å². The summed E-state index contributed by atoms with van der Waals surface area (Å²) in [5.74, 6) is 1.78. The minimum Gasteiger partial charge on any atom is -0.357 e. The van der Waals surface area contributed by atoms with Crippen molar-refractivity contribution in [3.63, 3.8) is 0 Å². The molecule has 1 aromatic rings. The van der Waals surface area contributed by atoms with Crippen LogP contribution in [0.4, 0.5) is 0 Å². The monoisotopic (exact) mass is 487 g/mol. The van der Waals surface area contributed by atoms with Gasteiger partial charge in [-0.25, -0.2) is 13.1 Å². The summed E-state index contributed by atoms with van der Waals surface area (Å²) < 4.78 is 27.2. The summed E-state index contributed by atoms with van der Waals surface area (Å²) in [5.41, 5.74) is 0. The molecule has 0 aliphatic heterocycles. The highest BCUT2D eigenvalue weighted by Gasteiger charge is 2.04. The Balaban J connectivity index is 0.00000576. The molecule has 0 aliphatic rings. The number of nitrogens with zero attached hydrogens (tertiary/aromatic N) is 4. The van der Waals surface area contributed by atoms with Gasteiger partial charge in [-0.15, -0.1) is 34.2 Å². The molecule has 3 N–H and O–H groups in total. The first kappa shape index (κ1) is 24.1. The first-order valence-corrected chi connectivity index (χ1v) is 10.0. The SMILES string of the molecule is CCNC(=NCCCNS(=O)(=O)CC)NCCn1cnnc1CC.I. The van der Waals surface area contributed by atoms with Gasteiger partial charge in [0.05, 0.1) is 5.75 Å². The molecule has 1 heterocycles. The molecule has 0 amide bonds. The molecular formula is C14H30IN7O2S. The van der Waals surface area contributed by atoms with Crippen molar-refractivity contribution in [3.8, 4) is 0 Å². The number of hydrogen-bond acceptors (Lipinski definition) is 5. The van der Waals surface area contributed by atoms with Gasteiger partial charge in [-0.05, 0) is 20.3 Å². The molecule has 0 fully saturated rings. The molecule has 0 radical (unpaired) electrons. The van der Waals surface area contributed by atoms with Crippen LogP contribution in [0, 0.1) is 0 Å². The van der Waals surface area contributed by atoms with Crippen LogP contribution in [0.3, 0.4) is 0 Å². The van der Waals surface area contributed by atoms with Crippen molar-refractivity contribution in [1.82, 2.24) is 30.1 Å². The summed E-state index contributed by atoms with van der Waals surface area (Å²) in [6, 6.07) is 0. The zero-order valence-electron chi connectivity index (χ0n) is 15.2. The van der Waals surface area contributed by atoms with E-state index in [0.717, 1.165) is 31.3 Å². The molecule has 0 aliphatic carbocycles. The molecule has 0 saturated heterocycles. The van der Waals surface area contributed by atoms with E-state index < -0.39 is 10.0 Å². The average Bonchev–Trinajstić information content (AvgIpc) is 3.02. The highest BCUT2D eigenvalue weighted by molar-refractivity contribution is 14.0. The van der Waals surface area contributed by atoms with Gasteiger partial charge in [0.1, 0.15) is 12.2 Å². The number of sulfonamides is 1. The normalized spacial score (nSPS) is 11.9. The number of aliphatic imine (C=N–C) groups is 1. The third kappa shape index (κ3) is 9.94. The number of aromatic nitrogens is 3. The van der Waals surface area contributed by atoms with Gasteiger partial charge in [0.2, 0.25) is 10.0 Å². The van der Waals surface area contributed by atoms with Crippen molar-refractivity contribution in [2.45, 2.75) is 40.2 Å². The van der Waals surface area contributed by atoms with Gasteiger partial charge in [0, 0.05) is 39.1 Å². The topological polar surface area (TPSA) is 113 Å². The second kappa shape index (κ2) is 13.3. The molecule has 11 heteroatoms.